The molecule has 1 aliphatic carbocycles. The molecule has 0 saturated heterocycles. The van der Waals surface area contributed by atoms with E-state index in [9.17, 15) is 0 Å². The van der Waals surface area contributed by atoms with Gasteiger partial charge >= 0.3 is 0 Å². The summed E-state index contributed by atoms with van der Waals surface area (Å²) in [5.74, 6) is 2.32. The van der Waals surface area contributed by atoms with Crippen LogP contribution >= 0.6 is 11.6 Å². The van der Waals surface area contributed by atoms with Gasteiger partial charge in [0.15, 0.2) is 0 Å². The summed E-state index contributed by atoms with van der Waals surface area (Å²) < 4.78 is 5.69. The molecule has 0 unspecified atom stereocenters. The van der Waals surface area contributed by atoms with Crippen molar-refractivity contribution in [3.8, 4) is 5.75 Å². The molecular weight excluding hydrogens is 196 g/mol. The van der Waals surface area contributed by atoms with Gasteiger partial charge in [-0.25, -0.2) is 0 Å². The molecule has 0 atom stereocenters. The molecule has 1 aromatic rings. The number of rotatable bonds is 4. The highest BCUT2D eigenvalue weighted by Crippen LogP contribution is 2.30. The molecule has 76 valence electrons. The smallest absolute Gasteiger partial charge is 0.119 e. The lowest BCUT2D eigenvalue weighted by molar-refractivity contribution is 0.299. The first-order chi connectivity index (χ1) is 6.78. The summed E-state index contributed by atoms with van der Waals surface area (Å²) >= 11 is 5.79. The van der Waals surface area contributed by atoms with Crippen LogP contribution in [0.5, 0.6) is 5.75 Å². The molecule has 0 aromatic heterocycles. The second kappa shape index (κ2) is 4.22. The van der Waals surface area contributed by atoms with Gasteiger partial charge in [0.2, 0.25) is 0 Å². The Bertz CT molecular complexity index is 318. The van der Waals surface area contributed by atoms with E-state index < -0.39 is 0 Å². The van der Waals surface area contributed by atoms with E-state index in [1.54, 1.807) is 0 Å². The monoisotopic (exact) mass is 210 g/mol. The Hall–Kier alpha value is -0.690. The summed E-state index contributed by atoms with van der Waals surface area (Å²) in [5.41, 5.74) is 2.35. The maximum atomic E-state index is 5.79. The number of hydrogen-bond acceptors (Lipinski definition) is 1. The van der Waals surface area contributed by atoms with Gasteiger partial charge in [-0.2, -0.15) is 0 Å². The van der Waals surface area contributed by atoms with Crippen molar-refractivity contribution in [2.75, 3.05) is 6.61 Å². The Morgan fingerprint density at radius 2 is 2.14 bits per heavy atom. The maximum Gasteiger partial charge on any atom is 0.119 e. The molecule has 0 bridgehead atoms. The van der Waals surface area contributed by atoms with Gasteiger partial charge in [0.1, 0.15) is 5.75 Å². The highest BCUT2D eigenvalue weighted by molar-refractivity contribution is 6.17. The Morgan fingerprint density at radius 3 is 2.79 bits per heavy atom. The number of halogens is 1. The van der Waals surface area contributed by atoms with Crippen LogP contribution < -0.4 is 4.74 Å². The molecule has 1 saturated carbocycles. The van der Waals surface area contributed by atoms with Crippen molar-refractivity contribution in [3.05, 3.63) is 29.3 Å². The molecule has 2 heteroatoms. The number of aryl methyl sites for hydroxylation is 1. The Morgan fingerprint density at radius 1 is 1.36 bits per heavy atom. The van der Waals surface area contributed by atoms with Crippen molar-refractivity contribution in [2.45, 2.75) is 25.6 Å². The zero-order valence-electron chi connectivity index (χ0n) is 8.42. The van der Waals surface area contributed by atoms with Crippen molar-refractivity contribution >= 4 is 11.6 Å². The van der Waals surface area contributed by atoms with Crippen LogP contribution in [-0.4, -0.2) is 6.61 Å². The number of alkyl halides is 1. The summed E-state index contributed by atoms with van der Waals surface area (Å²) in [7, 11) is 0. The molecule has 0 aliphatic heterocycles. The van der Waals surface area contributed by atoms with E-state index in [0.717, 1.165) is 23.8 Å². The topological polar surface area (TPSA) is 9.23 Å². The molecule has 0 spiro atoms. The van der Waals surface area contributed by atoms with Crippen molar-refractivity contribution in [1.29, 1.82) is 0 Å². The fraction of sp³-hybridized carbons (Fsp3) is 0.500. The van der Waals surface area contributed by atoms with Crippen molar-refractivity contribution in [3.63, 3.8) is 0 Å². The van der Waals surface area contributed by atoms with E-state index >= 15 is 0 Å². The average Bonchev–Trinajstić information content (AvgIpc) is 2.97. The largest absolute Gasteiger partial charge is 0.493 e. The summed E-state index contributed by atoms with van der Waals surface area (Å²) in [5, 5.41) is 0. The number of ether oxygens (including phenoxy) is 1. The fourth-order valence-corrected chi connectivity index (χ4v) is 1.64. The van der Waals surface area contributed by atoms with Gasteiger partial charge in [-0.15, -0.1) is 11.6 Å². The van der Waals surface area contributed by atoms with Crippen LogP contribution in [-0.2, 0) is 5.88 Å². The Balaban J connectivity index is 2.03. The third-order valence-electron chi connectivity index (χ3n) is 2.45. The molecule has 1 aromatic carbocycles. The summed E-state index contributed by atoms with van der Waals surface area (Å²) in [6, 6.07) is 6.19. The predicted octanol–water partition coefficient (Wildman–Crippen LogP) is 3.52. The molecule has 1 fully saturated rings. The molecular formula is C12H15ClO. The van der Waals surface area contributed by atoms with Crippen LogP contribution in [0, 0.1) is 12.8 Å². The zero-order chi connectivity index (χ0) is 9.97. The van der Waals surface area contributed by atoms with Gasteiger partial charge in [-0.3, -0.25) is 0 Å². The summed E-state index contributed by atoms with van der Waals surface area (Å²) in [6.07, 6.45) is 2.66. The van der Waals surface area contributed by atoms with E-state index in [-0.39, 0.29) is 0 Å². The van der Waals surface area contributed by atoms with Crippen LogP contribution in [0.3, 0.4) is 0 Å². The summed E-state index contributed by atoms with van der Waals surface area (Å²) in [4.78, 5) is 0. The lowest BCUT2D eigenvalue weighted by atomic mass is 10.1. The Labute approximate surface area is 90.0 Å². The van der Waals surface area contributed by atoms with Gasteiger partial charge in [-0.1, -0.05) is 6.07 Å². The van der Waals surface area contributed by atoms with Crippen LogP contribution in [0.4, 0.5) is 0 Å². The van der Waals surface area contributed by atoms with Crippen molar-refractivity contribution in [1.82, 2.24) is 0 Å². The lowest BCUT2D eigenvalue weighted by Gasteiger charge is -2.07. The van der Waals surface area contributed by atoms with Crippen LogP contribution in [0.25, 0.3) is 0 Å². The van der Waals surface area contributed by atoms with Crippen molar-refractivity contribution < 1.29 is 4.74 Å². The number of hydrogen-bond donors (Lipinski definition) is 0. The molecule has 1 aliphatic rings. The van der Waals surface area contributed by atoms with Gasteiger partial charge in [0.05, 0.1) is 6.61 Å². The molecule has 2 rings (SSSR count). The van der Waals surface area contributed by atoms with Gasteiger partial charge in [0.25, 0.3) is 0 Å². The molecule has 0 radical (unpaired) electrons. The third-order valence-corrected chi connectivity index (χ3v) is 2.76. The van der Waals surface area contributed by atoms with Gasteiger partial charge in [-0.05, 0) is 48.9 Å². The predicted molar refractivity (Wildman–Crippen MR) is 59.0 cm³/mol. The number of benzene rings is 1. The standard InChI is InChI=1S/C12H15ClO/c1-9-4-11(7-13)6-12(5-9)14-8-10-2-3-10/h4-6,10H,2-3,7-8H2,1H3. The van der Waals surface area contributed by atoms with Crippen LogP contribution in [0.15, 0.2) is 18.2 Å². The first kappa shape index (κ1) is 9.85. The van der Waals surface area contributed by atoms with Crippen molar-refractivity contribution in [2.24, 2.45) is 5.92 Å². The summed E-state index contributed by atoms with van der Waals surface area (Å²) in [6.45, 7) is 2.94. The highest BCUT2D eigenvalue weighted by Gasteiger charge is 2.21. The van der Waals surface area contributed by atoms with E-state index in [4.69, 9.17) is 16.3 Å². The van der Waals surface area contributed by atoms with E-state index in [1.165, 1.54) is 18.4 Å². The van der Waals surface area contributed by atoms with Gasteiger partial charge < -0.3 is 4.74 Å². The molecule has 1 nitrogen and oxygen atoms in total. The van der Waals surface area contributed by atoms with Crippen LogP contribution in [0.1, 0.15) is 24.0 Å². The fourth-order valence-electron chi connectivity index (χ4n) is 1.48. The first-order valence-corrected chi connectivity index (χ1v) is 5.60. The molecule has 0 heterocycles. The van der Waals surface area contributed by atoms with Crippen LogP contribution in [0.2, 0.25) is 0 Å². The molecule has 0 N–H and O–H groups in total. The second-order valence-corrected chi connectivity index (χ2v) is 4.31. The Kier molecular flexibility index (Phi) is 2.97. The SMILES string of the molecule is Cc1cc(CCl)cc(OCC2CC2)c1. The minimum atomic E-state index is 0.557. The minimum absolute atomic E-state index is 0.557. The third kappa shape index (κ3) is 2.65. The first-order valence-electron chi connectivity index (χ1n) is 5.07. The van der Waals surface area contributed by atoms with E-state index in [0.29, 0.717) is 5.88 Å². The zero-order valence-corrected chi connectivity index (χ0v) is 9.18. The normalized spacial score (nSPS) is 15.6. The lowest BCUT2D eigenvalue weighted by Crippen LogP contribution is -1.99. The van der Waals surface area contributed by atoms with E-state index in [1.807, 2.05) is 6.07 Å². The van der Waals surface area contributed by atoms with Gasteiger partial charge in [0, 0.05) is 5.88 Å². The molecule has 0 amide bonds. The average molecular weight is 211 g/mol. The second-order valence-electron chi connectivity index (χ2n) is 4.04. The highest BCUT2D eigenvalue weighted by atomic mass is 35.5. The molecule has 14 heavy (non-hydrogen) atoms. The van der Waals surface area contributed by atoms with E-state index in [2.05, 4.69) is 19.1 Å². The minimum Gasteiger partial charge on any atom is -0.493 e. The maximum absolute atomic E-state index is 5.79. The quantitative estimate of drug-likeness (QED) is 0.691.